The predicted octanol–water partition coefficient (Wildman–Crippen LogP) is 3.64. The number of nitrogens with one attached hydrogen (secondary N) is 1. The fourth-order valence-corrected chi connectivity index (χ4v) is 2.82. The molecule has 1 atom stereocenters. The van der Waals surface area contributed by atoms with Crippen molar-refractivity contribution in [2.45, 2.75) is 44.9 Å². The molecule has 0 aromatic heterocycles. The van der Waals surface area contributed by atoms with E-state index in [-0.39, 0.29) is 11.4 Å². The first-order valence-corrected chi connectivity index (χ1v) is 7.07. The van der Waals surface area contributed by atoms with Gasteiger partial charge in [0.15, 0.2) is 0 Å². The fourth-order valence-electron chi connectivity index (χ4n) is 2.33. The molecule has 2 rings (SSSR count). The van der Waals surface area contributed by atoms with Crippen LogP contribution in [-0.2, 0) is 11.3 Å². The quantitative estimate of drug-likeness (QED) is 0.919. The highest BCUT2D eigenvalue weighted by Gasteiger charge is 2.28. The summed E-state index contributed by atoms with van der Waals surface area (Å²) in [6, 6.07) is 5.28. The Bertz CT molecular complexity index is 422. The monoisotopic (exact) mass is 315 g/mol. The highest BCUT2D eigenvalue weighted by atomic mass is 79.9. The van der Waals surface area contributed by atoms with Crippen molar-refractivity contribution in [2.75, 3.05) is 6.61 Å². The van der Waals surface area contributed by atoms with Gasteiger partial charge in [-0.2, -0.15) is 0 Å². The van der Waals surface area contributed by atoms with Crippen LogP contribution in [0.4, 0.5) is 4.39 Å². The molecule has 100 valence electrons. The normalized spacial score (nSPS) is 23.0. The maximum atomic E-state index is 13.0. The van der Waals surface area contributed by atoms with Crippen LogP contribution in [0.1, 0.15) is 32.3 Å². The molecule has 4 heteroatoms. The molecular weight excluding hydrogens is 297 g/mol. The molecule has 2 nitrogen and oxygen atoms in total. The van der Waals surface area contributed by atoms with Crippen LogP contribution in [0.15, 0.2) is 22.7 Å². The van der Waals surface area contributed by atoms with E-state index in [4.69, 9.17) is 4.74 Å². The number of hydrogen-bond donors (Lipinski definition) is 1. The van der Waals surface area contributed by atoms with Gasteiger partial charge in [0, 0.05) is 23.7 Å². The van der Waals surface area contributed by atoms with E-state index in [0.717, 1.165) is 36.0 Å². The Labute approximate surface area is 116 Å². The molecule has 1 fully saturated rings. The van der Waals surface area contributed by atoms with E-state index in [9.17, 15) is 4.39 Å². The first kappa shape index (κ1) is 14.0. The minimum atomic E-state index is -0.210. The van der Waals surface area contributed by atoms with Crippen molar-refractivity contribution in [1.29, 1.82) is 0 Å². The summed E-state index contributed by atoms with van der Waals surface area (Å²) in [4.78, 5) is 0. The molecule has 0 amide bonds. The van der Waals surface area contributed by atoms with Gasteiger partial charge in [-0.05, 0) is 44.4 Å². The molecule has 0 spiro atoms. The van der Waals surface area contributed by atoms with Gasteiger partial charge in [-0.15, -0.1) is 0 Å². The lowest BCUT2D eigenvalue weighted by Crippen LogP contribution is -2.43. The maximum Gasteiger partial charge on any atom is 0.124 e. The fraction of sp³-hybridized carbons (Fsp3) is 0.571. The maximum absolute atomic E-state index is 13.0. The Hall–Kier alpha value is -0.450. The summed E-state index contributed by atoms with van der Waals surface area (Å²) in [5.74, 6) is -0.210. The lowest BCUT2D eigenvalue weighted by Gasteiger charge is -2.36. The van der Waals surface area contributed by atoms with Gasteiger partial charge in [0.2, 0.25) is 0 Å². The molecule has 1 aromatic rings. The second-order valence-corrected chi connectivity index (χ2v) is 6.27. The summed E-state index contributed by atoms with van der Waals surface area (Å²) in [6.45, 7) is 5.79. The molecule has 18 heavy (non-hydrogen) atoms. The SMILES string of the molecule is CC1(C)CC(NCc2ccc(F)cc2Br)CCO1. The molecule has 1 N–H and O–H groups in total. The lowest BCUT2D eigenvalue weighted by atomic mass is 9.94. The largest absolute Gasteiger partial charge is 0.375 e. The molecule has 0 bridgehead atoms. The minimum Gasteiger partial charge on any atom is -0.375 e. The van der Waals surface area contributed by atoms with Crippen molar-refractivity contribution < 1.29 is 9.13 Å². The highest BCUT2D eigenvalue weighted by Crippen LogP contribution is 2.25. The Morgan fingerprint density at radius 1 is 1.50 bits per heavy atom. The highest BCUT2D eigenvalue weighted by molar-refractivity contribution is 9.10. The van der Waals surface area contributed by atoms with E-state index in [2.05, 4.69) is 35.1 Å². The molecule has 1 unspecified atom stereocenters. The molecule has 1 aliphatic heterocycles. The first-order chi connectivity index (χ1) is 8.46. The third kappa shape index (κ3) is 3.77. The second-order valence-electron chi connectivity index (χ2n) is 5.41. The van der Waals surface area contributed by atoms with E-state index < -0.39 is 0 Å². The second kappa shape index (κ2) is 5.68. The summed E-state index contributed by atoms with van der Waals surface area (Å²) >= 11 is 3.39. The number of halogens is 2. The number of benzene rings is 1. The number of ether oxygens (including phenoxy) is 1. The minimum absolute atomic E-state index is 0.0457. The standard InChI is InChI=1S/C14H19BrFNO/c1-14(2)8-12(5-6-18-14)17-9-10-3-4-11(16)7-13(10)15/h3-4,7,12,17H,5-6,8-9H2,1-2H3. The van der Waals surface area contributed by atoms with Crippen LogP contribution in [0.5, 0.6) is 0 Å². The van der Waals surface area contributed by atoms with Gasteiger partial charge in [-0.25, -0.2) is 4.39 Å². The van der Waals surface area contributed by atoms with Crippen LogP contribution in [0, 0.1) is 5.82 Å². The van der Waals surface area contributed by atoms with Crippen molar-refractivity contribution >= 4 is 15.9 Å². The Kier molecular flexibility index (Phi) is 4.41. The van der Waals surface area contributed by atoms with Gasteiger partial charge in [0.05, 0.1) is 5.60 Å². The van der Waals surface area contributed by atoms with Crippen LogP contribution >= 0.6 is 15.9 Å². The van der Waals surface area contributed by atoms with Crippen molar-refractivity contribution in [3.05, 3.63) is 34.1 Å². The third-order valence-electron chi connectivity index (χ3n) is 3.29. The summed E-state index contributed by atoms with van der Waals surface area (Å²) in [7, 11) is 0. The molecule has 0 radical (unpaired) electrons. The zero-order chi connectivity index (χ0) is 13.2. The Morgan fingerprint density at radius 2 is 2.28 bits per heavy atom. The number of rotatable bonds is 3. The Morgan fingerprint density at radius 3 is 2.94 bits per heavy atom. The molecule has 1 saturated heterocycles. The lowest BCUT2D eigenvalue weighted by molar-refractivity contribution is -0.0630. The van der Waals surface area contributed by atoms with Crippen molar-refractivity contribution in [2.24, 2.45) is 0 Å². The van der Waals surface area contributed by atoms with E-state index >= 15 is 0 Å². The van der Waals surface area contributed by atoms with Gasteiger partial charge in [0.1, 0.15) is 5.82 Å². The van der Waals surface area contributed by atoms with Crippen LogP contribution in [0.2, 0.25) is 0 Å². The summed E-state index contributed by atoms with van der Waals surface area (Å²) in [5.41, 5.74) is 1.04. The van der Waals surface area contributed by atoms with E-state index in [0.29, 0.717) is 6.04 Å². The van der Waals surface area contributed by atoms with E-state index in [1.807, 2.05) is 6.07 Å². The molecule has 1 heterocycles. The van der Waals surface area contributed by atoms with Crippen molar-refractivity contribution in [3.8, 4) is 0 Å². The van der Waals surface area contributed by atoms with Crippen LogP contribution in [-0.4, -0.2) is 18.2 Å². The molecule has 1 aliphatic rings. The topological polar surface area (TPSA) is 21.3 Å². The van der Waals surface area contributed by atoms with Gasteiger partial charge in [-0.3, -0.25) is 0 Å². The zero-order valence-corrected chi connectivity index (χ0v) is 12.4. The average Bonchev–Trinajstić information content (AvgIpc) is 2.26. The van der Waals surface area contributed by atoms with Gasteiger partial charge < -0.3 is 10.1 Å². The Balaban J connectivity index is 1.91. The summed E-state index contributed by atoms with van der Waals surface area (Å²) in [5, 5.41) is 3.52. The molecular formula is C14H19BrFNO. The zero-order valence-electron chi connectivity index (χ0n) is 10.8. The van der Waals surface area contributed by atoms with Gasteiger partial charge >= 0.3 is 0 Å². The van der Waals surface area contributed by atoms with Gasteiger partial charge in [0.25, 0.3) is 0 Å². The summed E-state index contributed by atoms with van der Waals surface area (Å²) in [6.07, 6.45) is 2.04. The third-order valence-corrected chi connectivity index (χ3v) is 4.03. The van der Waals surface area contributed by atoms with Crippen LogP contribution in [0.25, 0.3) is 0 Å². The molecule has 0 saturated carbocycles. The number of hydrogen-bond acceptors (Lipinski definition) is 2. The van der Waals surface area contributed by atoms with Crippen LogP contribution < -0.4 is 5.32 Å². The summed E-state index contributed by atoms with van der Waals surface area (Å²) < 4.78 is 19.5. The predicted molar refractivity (Wildman–Crippen MR) is 74.0 cm³/mol. The van der Waals surface area contributed by atoms with E-state index in [1.165, 1.54) is 12.1 Å². The first-order valence-electron chi connectivity index (χ1n) is 6.27. The molecule has 0 aliphatic carbocycles. The van der Waals surface area contributed by atoms with Gasteiger partial charge in [-0.1, -0.05) is 22.0 Å². The van der Waals surface area contributed by atoms with Crippen LogP contribution in [0.3, 0.4) is 0 Å². The average molecular weight is 316 g/mol. The van der Waals surface area contributed by atoms with E-state index in [1.54, 1.807) is 0 Å². The van der Waals surface area contributed by atoms with Crippen molar-refractivity contribution in [3.63, 3.8) is 0 Å². The molecule has 1 aromatic carbocycles. The smallest absolute Gasteiger partial charge is 0.124 e. The van der Waals surface area contributed by atoms with Crippen molar-refractivity contribution in [1.82, 2.24) is 5.32 Å².